The van der Waals surface area contributed by atoms with Gasteiger partial charge in [-0.25, -0.2) is 18.7 Å². The van der Waals surface area contributed by atoms with Gasteiger partial charge in [0.1, 0.15) is 28.8 Å². The van der Waals surface area contributed by atoms with Crippen LogP contribution in [0.3, 0.4) is 0 Å². The normalized spacial score (nSPS) is 12.3. The van der Waals surface area contributed by atoms with E-state index in [1.807, 2.05) is 7.05 Å². The van der Waals surface area contributed by atoms with Gasteiger partial charge >= 0.3 is 0 Å². The fourth-order valence-corrected chi connectivity index (χ4v) is 2.98. The number of nitrogens with one attached hydrogen (secondary N) is 1. The Labute approximate surface area is 158 Å². The smallest absolute Gasteiger partial charge is 0.222 e. The molecule has 4 aromatic rings. The Hall–Kier alpha value is -3.69. The predicted octanol–water partition coefficient (Wildman–Crippen LogP) is 2.91. The summed E-state index contributed by atoms with van der Waals surface area (Å²) in [6, 6.07) is 2.52. The summed E-state index contributed by atoms with van der Waals surface area (Å²) in [5, 5.41) is 3.74. The number of anilines is 3. The second-order valence-electron chi connectivity index (χ2n) is 6.31. The number of hydrogen-bond donors (Lipinski definition) is 2. The van der Waals surface area contributed by atoms with E-state index in [2.05, 4.69) is 30.2 Å². The highest BCUT2D eigenvalue weighted by Gasteiger charge is 2.21. The van der Waals surface area contributed by atoms with Gasteiger partial charge in [0.25, 0.3) is 0 Å². The Kier molecular flexibility index (Phi) is 4.30. The molecule has 0 fully saturated rings. The fourth-order valence-electron chi connectivity index (χ4n) is 2.98. The number of aryl methyl sites for hydroxylation is 1. The van der Waals surface area contributed by atoms with Gasteiger partial charge in [0, 0.05) is 36.8 Å². The zero-order valence-electron chi connectivity index (χ0n) is 15.1. The standard InChI is InChI=1S/C18H16F2N8/c1-9(14-12(20)5-10(19)6-23-14)15-16-11(3-4-22-15)17(27-18(21)26-16)25-13-7-28(2)8-24-13/h3-9H,1-2H3,(H3,21,25,26,27)/t9-/m0/s1. The van der Waals surface area contributed by atoms with E-state index in [4.69, 9.17) is 5.73 Å². The van der Waals surface area contributed by atoms with Gasteiger partial charge in [-0.15, -0.1) is 0 Å². The molecule has 3 N–H and O–H groups in total. The lowest BCUT2D eigenvalue weighted by molar-refractivity contribution is 0.551. The summed E-state index contributed by atoms with van der Waals surface area (Å²) >= 11 is 0. The van der Waals surface area contributed by atoms with Gasteiger partial charge in [-0.1, -0.05) is 6.92 Å². The zero-order valence-corrected chi connectivity index (χ0v) is 15.1. The van der Waals surface area contributed by atoms with Crippen molar-refractivity contribution in [2.75, 3.05) is 11.1 Å². The second-order valence-corrected chi connectivity index (χ2v) is 6.31. The van der Waals surface area contributed by atoms with E-state index in [0.29, 0.717) is 28.2 Å². The number of imidazole rings is 1. The molecule has 8 nitrogen and oxygen atoms in total. The maximum atomic E-state index is 14.2. The molecular weight excluding hydrogens is 366 g/mol. The first-order valence-electron chi connectivity index (χ1n) is 8.40. The molecule has 0 aliphatic carbocycles. The largest absolute Gasteiger partial charge is 0.368 e. The summed E-state index contributed by atoms with van der Waals surface area (Å²) in [6.45, 7) is 1.72. The number of halogens is 2. The first-order valence-corrected chi connectivity index (χ1v) is 8.40. The molecule has 4 heterocycles. The van der Waals surface area contributed by atoms with Gasteiger partial charge in [-0.2, -0.15) is 4.98 Å². The van der Waals surface area contributed by atoms with E-state index in [-0.39, 0.29) is 11.6 Å². The lowest BCUT2D eigenvalue weighted by atomic mass is 9.99. The molecule has 0 saturated carbocycles. The summed E-state index contributed by atoms with van der Waals surface area (Å²) in [7, 11) is 1.85. The van der Waals surface area contributed by atoms with Crippen LogP contribution in [0.25, 0.3) is 10.9 Å². The lowest BCUT2D eigenvalue weighted by Crippen LogP contribution is -2.09. The first-order chi connectivity index (χ1) is 13.4. The van der Waals surface area contributed by atoms with Crippen LogP contribution in [0.2, 0.25) is 0 Å². The molecule has 0 saturated heterocycles. The molecule has 1 atom stereocenters. The van der Waals surface area contributed by atoms with Crippen LogP contribution < -0.4 is 11.1 Å². The van der Waals surface area contributed by atoms with Gasteiger partial charge in [0.05, 0.1) is 23.9 Å². The summed E-state index contributed by atoms with van der Waals surface area (Å²) in [4.78, 5) is 21.0. The van der Waals surface area contributed by atoms with Gasteiger partial charge in [-0.3, -0.25) is 9.97 Å². The summed E-state index contributed by atoms with van der Waals surface area (Å²) in [6.07, 6.45) is 5.97. The van der Waals surface area contributed by atoms with E-state index in [9.17, 15) is 8.78 Å². The Bertz CT molecular complexity index is 1170. The third-order valence-corrected chi connectivity index (χ3v) is 4.27. The number of rotatable bonds is 4. The van der Waals surface area contributed by atoms with Crippen LogP contribution in [0.4, 0.5) is 26.4 Å². The van der Waals surface area contributed by atoms with E-state index in [0.717, 1.165) is 12.3 Å². The molecule has 28 heavy (non-hydrogen) atoms. The van der Waals surface area contributed by atoms with E-state index >= 15 is 0 Å². The maximum absolute atomic E-state index is 14.2. The molecule has 4 aromatic heterocycles. The van der Waals surface area contributed by atoms with Crippen LogP contribution in [0, 0.1) is 11.6 Å². The Morgan fingerprint density at radius 2 is 1.96 bits per heavy atom. The number of nitrogens with two attached hydrogens (primary N) is 1. The molecule has 0 aliphatic rings. The van der Waals surface area contributed by atoms with E-state index < -0.39 is 17.6 Å². The van der Waals surface area contributed by atoms with Crippen molar-refractivity contribution in [3.8, 4) is 0 Å². The molecule has 0 radical (unpaired) electrons. The monoisotopic (exact) mass is 382 g/mol. The van der Waals surface area contributed by atoms with Crippen molar-refractivity contribution in [2.24, 2.45) is 7.05 Å². The first kappa shape index (κ1) is 17.7. The van der Waals surface area contributed by atoms with Crippen molar-refractivity contribution in [3.63, 3.8) is 0 Å². The van der Waals surface area contributed by atoms with Crippen LogP contribution >= 0.6 is 0 Å². The third kappa shape index (κ3) is 3.20. The quantitative estimate of drug-likeness (QED) is 0.559. The van der Waals surface area contributed by atoms with Gasteiger partial charge in [0.2, 0.25) is 5.95 Å². The van der Waals surface area contributed by atoms with Crippen molar-refractivity contribution in [1.82, 2.24) is 29.5 Å². The molecule has 0 unspecified atom stereocenters. The number of nitrogens with zero attached hydrogens (tertiary/aromatic N) is 6. The summed E-state index contributed by atoms with van der Waals surface area (Å²) in [5.41, 5.74) is 6.86. The molecule has 0 aliphatic heterocycles. The van der Waals surface area contributed by atoms with Crippen LogP contribution in [0.5, 0.6) is 0 Å². The highest BCUT2D eigenvalue weighted by Crippen LogP contribution is 2.31. The molecule has 0 amide bonds. The SMILES string of the molecule is C[C@@H](c1ncc(F)cc1F)c1nccc2c(Nc3cn(C)cn3)nc(N)nc12. The maximum Gasteiger partial charge on any atom is 0.222 e. The van der Waals surface area contributed by atoms with E-state index in [1.54, 1.807) is 36.3 Å². The molecule has 0 spiro atoms. The molecular formula is C18H16F2N8. The Morgan fingerprint density at radius 3 is 2.68 bits per heavy atom. The van der Waals surface area contributed by atoms with Gasteiger partial charge < -0.3 is 15.6 Å². The van der Waals surface area contributed by atoms with Crippen LogP contribution in [0.1, 0.15) is 24.2 Å². The topological polar surface area (TPSA) is 107 Å². The Balaban J connectivity index is 1.84. The average molecular weight is 382 g/mol. The predicted molar refractivity (Wildman–Crippen MR) is 99.9 cm³/mol. The highest BCUT2D eigenvalue weighted by atomic mass is 19.1. The highest BCUT2D eigenvalue weighted by molar-refractivity contribution is 5.92. The van der Waals surface area contributed by atoms with Crippen molar-refractivity contribution >= 4 is 28.5 Å². The van der Waals surface area contributed by atoms with Crippen molar-refractivity contribution in [3.05, 3.63) is 60.1 Å². The van der Waals surface area contributed by atoms with Crippen molar-refractivity contribution in [2.45, 2.75) is 12.8 Å². The third-order valence-electron chi connectivity index (χ3n) is 4.27. The second kappa shape index (κ2) is 6.80. The van der Waals surface area contributed by atoms with Gasteiger partial charge in [-0.05, 0) is 6.07 Å². The number of pyridine rings is 2. The number of fused-ring (bicyclic) bond motifs is 1. The van der Waals surface area contributed by atoms with Crippen molar-refractivity contribution in [1.29, 1.82) is 0 Å². The lowest BCUT2D eigenvalue weighted by Gasteiger charge is -2.15. The number of nitrogen functional groups attached to an aromatic ring is 1. The minimum atomic E-state index is -0.750. The minimum Gasteiger partial charge on any atom is -0.368 e. The molecule has 142 valence electrons. The number of aromatic nitrogens is 6. The van der Waals surface area contributed by atoms with Crippen LogP contribution in [-0.2, 0) is 7.05 Å². The molecule has 10 heteroatoms. The summed E-state index contributed by atoms with van der Waals surface area (Å²) in [5.74, 6) is -1.02. The molecule has 0 aromatic carbocycles. The minimum absolute atomic E-state index is 0.0277. The zero-order chi connectivity index (χ0) is 19.8. The van der Waals surface area contributed by atoms with Gasteiger partial charge in [0.15, 0.2) is 0 Å². The van der Waals surface area contributed by atoms with Crippen LogP contribution in [-0.4, -0.2) is 29.5 Å². The fraction of sp³-hybridized carbons (Fsp3) is 0.167. The van der Waals surface area contributed by atoms with Crippen LogP contribution in [0.15, 0.2) is 37.1 Å². The molecule has 4 rings (SSSR count). The number of hydrogen-bond acceptors (Lipinski definition) is 7. The van der Waals surface area contributed by atoms with Crippen molar-refractivity contribution < 1.29 is 8.78 Å². The molecule has 0 bridgehead atoms. The average Bonchev–Trinajstić information content (AvgIpc) is 3.05. The Morgan fingerprint density at radius 1 is 1.14 bits per heavy atom. The van der Waals surface area contributed by atoms with E-state index in [1.165, 1.54) is 0 Å². The summed E-state index contributed by atoms with van der Waals surface area (Å²) < 4.78 is 29.2.